The Labute approximate surface area is 146 Å². The summed E-state index contributed by atoms with van der Waals surface area (Å²) in [5.41, 5.74) is 0.471. The van der Waals surface area contributed by atoms with Crippen LogP contribution in [-0.2, 0) is 4.79 Å². The number of Topliss-reactive ketones (excluding diaryl/α,β-unsaturated/α-hetero) is 1. The lowest BCUT2D eigenvalue weighted by Crippen LogP contribution is -2.53. The third kappa shape index (κ3) is 4.78. The van der Waals surface area contributed by atoms with Crippen LogP contribution in [0, 0.1) is 17.7 Å². The van der Waals surface area contributed by atoms with Gasteiger partial charge in [-0.2, -0.15) is 0 Å². The largest absolute Gasteiger partial charge is 0.465 e. The van der Waals surface area contributed by atoms with Gasteiger partial charge in [0.05, 0.1) is 0 Å². The molecule has 0 saturated carbocycles. The molecule has 7 heteroatoms. The van der Waals surface area contributed by atoms with Gasteiger partial charge < -0.3 is 15.3 Å². The van der Waals surface area contributed by atoms with E-state index in [2.05, 4.69) is 5.32 Å². The van der Waals surface area contributed by atoms with E-state index < -0.39 is 12.1 Å². The summed E-state index contributed by atoms with van der Waals surface area (Å²) in [4.78, 5) is 37.5. The number of halogens is 1. The van der Waals surface area contributed by atoms with Crippen molar-refractivity contribution in [3.8, 4) is 0 Å². The van der Waals surface area contributed by atoms with Crippen molar-refractivity contribution >= 4 is 17.8 Å². The van der Waals surface area contributed by atoms with E-state index in [1.54, 1.807) is 18.7 Å². The van der Waals surface area contributed by atoms with Gasteiger partial charge in [-0.15, -0.1) is 0 Å². The molecule has 0 unspecified atom stereocenters. The summed E-state index contributed by atoms with van der Waals surface area (Å²) in [6.45, 7) is 4.37. The van der Waals surface area contributed by atoms with E-state index in [0.29, 0.717) is 31.5 Å². The van der Waals surface area contributed by atoms with Gasteiger partial charge in [-0.1, -0.05) is 13.8 Å². The molecule has 0 spiro atoms. The average Bonchev–Trinajstić information content (AvgIpc) is 2.59. The van der Waals surface area contributed by atoms with Gasteiger partial charge in [0.25, 0.3) is 0 Å². The second kappa shape index (κ2) is 8.09. The van der Waals surface area contributed by atoms with Crippen LogP contribution >= 0.6 is 0 Å². The lowest BCUT2D eigenvalue weighted by molar-refractivity contribution is -0.135. The highest BCUT2D eigenvalue weighted by atomic mass is 19.1. The van der Waals surface area contributed by atoms with Crippen molar-refractivity contribution in [1.29, 1.82) is 0 Å². The summed E-state index contributed by atoms with van der Waals surface area (Å²) in [6, 6.07) is 4.68. The molecular formula is C18H23FN2O4. The van der Waals surface area contributed by atoms with Crippen molar-refractivity contribution in [3.05, 3.63) is 35.6 Å². The first-order valence-corrected chi connectivity index (χ1v) is 8.37. The SMILES string of the molecule is CC(C)[C@H](NC(=O)O)C(=O)N1CCC(C(=O)c2ccc(F)cc2)CC1. The maximum Gasteiger partial charge on any atom is 0.405 e. The summed E-state index contributed by atoms with van der Waals surface area (Å²) in [6.07, 6.45) is -0.201. The lowest BCUT2D eigenvalue weighted by Gasteiger charge is -2.34. The van der Waals surface area contributed by atoms with E-state index in [-0.39, 0.29) is 29.3 Å². The fourth-order valence-electron chi connectivity index (χ4n) is 3.06. The number of amides is 2. The van der Waals surface area contributed by atoms with Crippen molar-refractivity contribution in [2.75, 3.05) is 13.1 Å². The molecule has 6 nitrogen and oxygen atoms in total. The van der Waals surface area contributed by atoms with Crippen LogP contribution in [-0.4, -0.2) is 46.9 Å². The van der Waals surface area contributed by atoms with Crippen molar-refractivity contribution in [1.82, 2.24) is 10.2 Å². The third-order valence-electron chi connectivity index (χ3n) is 4.52. The van der Waals surface area contributed by atoms with Crippen LogP contribution in [0.1, 0.15) is 37.0 Å². The molecule has 1 aliphatic heterocycles. The highest BCUT2D eigenvalue weighted by Gasteiger charge is 2.33. The first kappa shape index (κ1) is 18.9. The van der Waals surface area contributed by atoms with Crippen LogP contribution < -0.4 is 5.32 Å². The highest BCUT2D eigenvalue weighted by Crippen LogP contribution is 2.23. The van der Waals surface area contributed by atoms with Crippen molar-refractivity contribution < 1.29 is 23.9 Å². The van der Waals surface area contributed by atoms with Gasteiger partial charge in [0.15, 0.2) is 5.78 Å². The van der Waals surface area contributed by atoms with Crippen molar-refractivity contribution in [2.45, 2.75) is 32.7 Å². The number of hydrogen-bond acceptors (Lipinski definition) is 3. The minimum Gasteiger partial charge on any atom is -0.465 e. The third-order valence-corrected chi connectivity index (χ3v) is 4.52. The van der Waals surface area contributed by atoms with Gasteiger partial charge in [-0.3, -0.25) is 9.59 Å². The molecule has 1 aromatic rings. The van der Waals surface area contributed by atoms with Crippen LogP contribution in [0.5, 0.6) is 0 Å². The molecule has 2 rings (SSSR count). The monoisotopic (exact) mass is 350 g/mol. The molecule has 0 aliphatic carbocycles. The number of nitrogens with one attached hydrogen (secondary N) is 1. The van der Waals surface area contributed by atoms with Crippen LogP contribution in [0.3, 0.4) is 0 Å². The van der Waals surface area contributed by atoms with Crippen LogP contribution in [0.4, 0.5) is 9.18 Å². The van der Waals surface area contributed by atoms with Crippen molar-refractivity contribution in [3.63, 3.8) is 0 Å². The van der Waals surface area contributed by atoms with E-state index in [4.69, 9.17) is 5.11 Å². The van der Waals surface area contributed by atoms with Gasteiger partial charge in [0.1, 0.15) is 11.9 Å². The number of likely N-dealkylation sites (tertiary alicyclic amines) is 1. The molecule has 136 valence electrons. The predicted molar refractivity (Wildman–Crippen MR) is 89.8 cm³/mol. The quantitative estimate of drug-likeness (QED) is 0.799. The summed E-state index contributed by atoms with van der Waals surface area (Å²) >= 11 is 0. The Kier molecular flexibility index (Phi) is 6.12. The maximum absolute atomic E-state index is 13.0. The lowest BCUT2D eigenvalue weighted by atomic mass is 9.88. The van der Waals surface area contributed by atoms with E-state index in [9.17, 15) is 18.8 Å². The van der Waals surface area contributed by atoms with Gasteiger partial charge >= 0.3 is 6.09 Å². The Balaban J connectivity index is 1.96. The normalized spacial score (nSPS) is 16.6. The van der Waals surface area contributed by atoms with Crippen molar-refractivity contribution in [2.24, 2.45) is 11.8 Å². The predicted octanol–water partition coefficient (Wildman–Crippen LogP) is 2.54. The smallest absolute Gasteiger partial charge is 0.405 e. The molecule has 1 fully saturated rings. The zero-order valence-corrected chi connectivity index (χ0v) is 14.4. The second-order valence-electron chi connectivity index (χ2n) is 6.64. The standard InChI is InChI=1S/C18H23FN2O4/c1-11(2)15(20-18(24)25)17(23)21-9-7-13(8-10-21)16(22)12-3-5-14(19)6-4-12/h3-6,11,13,15,20H,7-10H2,1-2H3,(H,24,25)/t15-/m0/s1. The van der Waals surface area contributed by atoms with Gasteiger partial charge in [-0.05, 0) is 43.0 Å². The number of benzene rings is 1. The summed E-state index contributed by atoms with van der Waals surface area (Å²) < 4.78 is 13.0. The molecule has 0 aromatic heterocycles. The molecule has 0 bridgehead atoms. The number of piperidine rings is 1. The molecular weight excluding hydrogens is 327 g/mol. The van der Waals surface area contributed by atoms with E-state index in [0.717, 1.165) is 0 Å². The molecule has 2 amide bonds. The number of carboxylic acid groups (broad SMARTS) is 1. The zero-order valence-electron chi connectivity index (χ0n) is 14.4. The van der Waals surface area contributed by atoms with E-state index in [1.807, 2.05) is 0 Å². The fourth-order valence-corrected chi connectivity index (χ4v) is 3.06. The van der Waals surface area contributed by atoms with E-state index in [1.165, 1.54) is 24.3 Å². The molecule has 1 aromatic carbocycles. The van der Waals surface area contributed by atoms with Gasteiger partial charge in [0, 0.05) is 24.6 Å². The van der Waals surface area contributed by atoms with E-state index >= 15 is 0 Å². The number of carbonyl (C=O) groups excluding carboxylic acids is 2. The zero-order chi connectivity index (χ0) is 18.6. The molecule has 1 atom stereocenters. The summed E-state index contributed by atoms with van der Waals surface area (Å²) in [7, 11) is 0. The summed E-state index contributed by atoms with van der Waals surface area (Å²) in [5, 5.41) is 11.2. The van der Waals surface area contributed by atoms with Crippen LogP contribution in [0.15, 0.2) is 24.3 Å². The van der Waals surface area contributed by atoms with Gasteiger partial charge in [0.2, 0.25) is 5.91 Å². The number of carbonyl (C=O) groups is 3. The van der Waals surface area contributed by atoms with Crippen LogP contribution in [0.25, 0.3) is 0 Å². The number of hydrogen-bond donors (Lipinski definition) is 2. The Morgan fingerprint density at radius 3 is 2.20 bits per heavy atom. The molecule has 1 aliphatic rings. The highest BCUT2D eigenvalue weighted by molar-refractivity contribution is 5.98. The minimum atomic E-state index is -1.23. The molecule has 25 heavy (non-hydrogen) atoms. The Bertz CT molecular complexity index is 637. The second-order valence-corrected chi connectivity index (χ2v) is 6.64. The van der Waals surface area contributed by atoms with Gasteiger partial charge in [-0.25, -0.2) is 9.18 Å². The minimum absolute atomic E-state index is 0.0452. The Morgan fingerprint density at radius 2 is 1.72 bits per heavy atom. The number of nitrogens with zero attached hydrogens (tertiary/aromatic N) is 1. The average molecular weight is 350 g/mol. The topological polar surface area (TPSA) is 86.7 Å². The fraction of sp³-hybridized carbons (Fsp3) is 0.500. The Hall–Kier alpha value is -2.44. The number of rotatable bonds is 5. The molecule has 1 saturated heterocycles. The van der Waals surface area contributed by atoms with Crippen LogP contribution in [0.2, 0.25) is 0 Å². The molecule has 0 radical (unpaired) electrons. The molecule has 2 N–H and O–H groups in total. The summed E-state index contributed by atoms with van der Waals surface area (Å²) in [5.74, 6) is -1.06. The Morgan fingerprint density at radius 1 is 1.16 bits per heavy atom. The first-order valence-electron chi connectivity index (χ1n) is 8.37. The number of ketones is 1. The molecule has 1 heterocycles. The first-order chi connectivity index (χ1) is 11.8. The maximum atomic E-state index is 13.0.